The summed E-state index contributed by atoms with van der Waals surface area (Å²) in [5.41, 5.74) is 6.84. The van der Waals surface area contributed by atoms with Crippen LogP contribution in [0.1, 0.15) is 5.56 Å². The van der Waals surface area contributed by atoms with Gasteiger partial charge in [-0.3, -0.25) is 0 Å². The summed E-state index contributed by atoms with van der Waals surface area (Å²) in [6, 6.07) is 5.96. The third-order valence-electron chi connectivity index (χ3n) is 3.38. The second kappa shape index (κ2) is 5.92. The molecule has 1 aliphatic rings. The van der Waals surface area contributed by atoms with Gasteiger partial charge in [-0.05, 0) is 24.1 Å². The zero-order valence-electron chi connectivity index (χ0n) is 12.5. The number of benzene rings is 1. The average Bonchev–Trinajstić information content (AvgIpc) is 2.99. The van der Waals surface area contributed by atoms with Crippen LogP contribution in [0.15, 0.2) is 18.2 Å². The van der Waals surface area contributed by atoms with E-state index in [9.17, 15) is 0 Å². The zero-order chi connectivity index (χ0) is 15.5. The summed E-state index contributed by atoms with van der Waals surface area (Å²) in [7, 11) is 3.66. The van der Waals surface area contributed by atoms with Gasteiger partial charge in [-0.2, -0.15) is 15.0 Å². The Morgan fingerprint density at radius 2 is 2.05 bits per heavy atom. The lowest BCUT2D eigenvalue weighted by Gasteiger charge is -2.17. The van der Waals surface area contributed by atoms with E-state index in [-0.39, 0.29) is 12.7 Å². The quantitative estimate of drug-likeness (QED) is 0.840. The smallest absolute Gasteiger partial charge is 0.231 e. The number of nitrogens with zero attached hydrogens (tertiary/aromatic N) is 4. The number of hydrogen-bond donors (Lipinski definition) is 2. The Bertz CT molecular complexity index is 678. The molecule has 0 atom stereocenters. The maximum absolute atomic E-state index is 5.68. The molecule has 0 aliphatic carbocycles. The van der Waals surface area contributed by atoms with Crippen molar-refractivity contribution in [3.63, 3.8) is 0 Å². The van der Waals surface area contributed by atoms with E-state index in [2.05, 4.69) is 20.3 Å². The fraction of sp³-hybridized carbons (Fsp3) is 0.357. The number of nitrogens with one attached hydrogen (secondary N) is 1. The minimum atomic E-state index is 0.198. The van der Waals surface area contributed by atoms with Crippen LogP contribution in [0.4, 0.5) is 17.8 Å². The lowest BCUT2D eigenvalue weighted by molar-refractivity contribution is 0.174. The van der Waals surface area contributed by atoms with Crippen LogP contribution in [0.3, 0.4) is 0 Å². The summed E-state index contributed by atoms with van der Waals surface area (Å²) >= 11 is 0. The zero-order valence-corrected chi connectivity index (χ0v) is 12.5. The molecule has 2 aromatic rings. The maximum Gasteiger partial charge on any atom is 0.231 e. The van der Waals surface area contributed by atoms with Gasteiger partial charge in [-0.15, -0.1) is 0 Å². The van der Waals surface area contributed by atoms with E-state index >= 15 is 0 Å². The number of hydrogen-bond acceptors (Lipinski definition) is 8. The summed E-state index contributed by atoms with van der Waals surface area (Å²) < 4.78 is 10.7. The van der Waals surface area contributed by atoms with Crippen molar-refractivity contribution in [2.45, 2.75) is 6.42 Å². The molecule has 0 spiro atoms. The third kappa shape index (κ3) is 2.95. The summed E-state index contributed by atoms with van der Waals surface area (Å²) in [4.78, 5) is 14.4. The predicted octanol–water partition coefficient (Wildman–Crippen LogP) is 0.903. The maximum atomic E-state index is 5.68. The highest BCUT2D eigenvalue weighted by Crippen LogP contribution is 2.32. The van der Waals surface area contributed by atoms with Crippen LogP contribution in [-0.2, 0) is 6.42 Å². The van der Waals surface area contributed by atoms with Gasteiger partial charge in [0.05, 0.1) is 0 Å². The molecule has 0 fully saturated rings. The Morgan fingerprint density at radius 3 is 2.86 bits per heavy atom. The van der Waals surface area contributed by atoms with Gasteiger partial charge < -0.3 is 25.4 Å². The van der Waals surface area contributed by atoms with E-state index in [0.717, 1.165) is 30.0 Å². The molecular weight excluding hydrogens is 284 g/mol. The fourth-order valence-electron chi connectivity index (χ4n) is 2.16. The molecule has 0 saturated heterocycles. The molecule has 22 heavy (non-hydrogen) atoms. The van der Waals surface area contributed by atoms with Gasteiger partial charge in [0.15, 0.2) is 11.5 Å². The van der Waals surface area contributed by atoms with Crippen molar-refractivity contribution >= 4 is 17.8 Å². The molecule has 0 amide bonds. The molecule has 0 radical (unpaired) electrons. The van der Waals surface area contributed by atoms with Crippen molar-refractivity contribution in [2.24, 2.45) is 0 Å². The number of anilines is 3. The van der Waals surface area contributed by atoms with Crippen molar-refractivity contribution in [3.8, 4) is 11.5 Å². The van der Waals surface area contributed by atoms with E-state index < -0.39 is 0 Å². The SMILES string of the molecule is CNc1nc(N)nc(N(C)CCc2ccc3c(c2)OCO3)n1. The standard InChI is InChI=1S/C14H18N6O2/c1-16-13-17-12(15)18-14(19-13)20(2)6-5-9-3-4-10-11(7-9)22-8-21-10/h3-4,7H,5-6,8H2,1-2H3,(H3,15,16,17,18,19). The molecule has 1 aliphatic heterocycles. The number of aromatic nitrogens is 3. The van der Waals surface area contributed by atoms with Crippen molar-refractivity contribution in [1.82, 2.24) is 15.0 Å². The van der Waals surface area contributed by atoms with Gasteiger partial charge in [-0.25, -0.2) is 0 Å². The first-order valence-electron chi connectivity index (χ1n) is 6.94. The number of nitrogens with two attached hydrogens (primary N) is 1. The molecular formula is C14H18N6O2. The normalized spacial score (nSPS) is 12.3. The van der Waals surface area contributed by atoms with Gasteiger partial charge in [0.25, 0.3) is 0 Å². The Balaban J connectivity index is 1.67. The highest BCUT2D eigenvalue weighted by Gasteiger charge is 2.14. The second-order valence-electron chi connectivity index (χ2n) is 4.93. The molecule has 0 saturated carbocycles. The van der Waals surface area contributed by atoms with Crippen molar-refractivity contribution < 1.29 is 9.47 Å². The van der Waals surface area contributed by atoms with Gasteiger partial charge in [0.1, 0.15) is 0 Å². The first kappa shape index (κ1) is 14.2. The number of ether oxygens (including phenoxy) is 2. The van der Waals surface area contributed by atoms with Crippen LogP contribution in [0.2, 0.25) is 0 Å². The van der Waals surface area contributed by atoms with Crippen LogP contribution < -0.4 is 25.4 Å². The Labute approximate surface area is 128 Å². The topological polar surface area (TPSA) is 98.4 Å². The van der Waals surface area contributed by atoms with Crippen LogP contribution in [0.25, 0.3) is 0 Å². The van der Waals surface area contributed by atoms with Gasteiger partial charge in [0.2, 0.25) is 24.6 Å². The third-order valence-corrected chi connectivity index (χ3v) is 3.38. The van der Waals surface area contributed by atoms with Crippen LogP contribution >= 0.6 is 0 Å². The van der Waals surface area contributed by atoms with Crippen molar-refractivity contribution in [2.75, 3.05) is 43.4 Å². The van der Waals surface area contributed by atoms with E-state index in [1.807, 2.05) is 30.1 Å². The van der Waals surface area contributed by atoms with E-state index in [4.69, 9.17) is 15.2 Å². The average molecular weight is 302 g/mol. The first-order valence-corrected chi connectivity index (χ1v) is 6.94. The first-order chi connectivity index (χ1) is 10.7. The Kier molecular flexibility index (Phi) is 3.82. The largest absolute Gasteiger partial charge is 0.454 e. The Morgan fingerprint density at radius 1 is 1.23 bits per heavy atom. The lowest BCUT2D eigenvalue weighted by Crippen LogP contribution is -2.23. The fourth-order valence-corrected chi connectivity index (χ4v) is 2.16. The van der Waals surface area contributed by atoms with Crippen LogP contribution in [-0.4, -0.2) is 42.4 Å². The summed E-state index contributed by atoms with van der Waals surface area (Å²) in [5.74, 6) is 2.78. The predicted molar refractivity (Wildman–Crippen MR) is 83.3 cm³/mol. The van der Waals surface area contributed by atoms with E-state index in [1.54, 1.807) is 7.05 Å². The molecule has 8 nitrogen and oxygen atoms in total. The molecule has 3 N–H and O–H groups in total. The van der Waals surface area contributed by atoms with Gasteiger partial charge in [-0.1, -0.05) is 6.07 Å². The molecule has 1 aromatic heterocycles. The monoisotopic (exact) mass is 302 g/mol. The highest BCUT2D eigenvalue weighted by atomic mass is 16.7. The minimum absolute atomic E-state index is 0.198. The number of likely N-dealkylation sites (N-methyl/N-ethyl adjacent to an activating group) is 1. The summed E-state index contributed by atoms with van der Waals surface area (Å²) in [6.45, 7) is 1.03. The number of nitrogen functional groups attached to an aromatic ring is 1. The molecule has 1 aromatic carbocycles. The van der Waals surface area contributed by atoms with Crippen molar-refractivity contribution in [1.29, 1.82) is 0 Å². The number of fused-ring (bicyclic) bond motifs is 1. The summed E-state index contributed by atoms with van der Waals surface area (Å²) in [5, 5.41) is 2.87. The molecule has 0 bridgehead atoms. The lowest BCUT2D eigenvalue weighted by atomic mass is 10.1. The minimum Gasteiger partial charge on any atom is -0.454 e. The van der Waals surface area contributed by atoms with Gasteiger partial charge >= 0.3 is 0 Å². The Hall–Kier alpha value is -2.77. The second-order valence-corrected chi connectivity index (χ2v) is 4.93. The van der Waals surface area contributed by atoms with E-state index in [0.29, 0.717) is 11.9 Å². The summed E-state index contributed by atoms with van der Waals surface area (Å²) in [6.07, 6.45) is 0.827. The molecule has 0 unspecified atom stereocenters. The van der Waals surface area contributed by atoms with Crippen LogP contribution in [0, 0.1) is 0 Å². The molecule has 3 rings (SSSR count). The number of rotatable bonds is 5. The van der Waals surface area contributed by atoms with Crippen LogP contribution in [0.5, 0.6) is 11.5 Å². The highest BCUT2D eigenvalue weighted by molar-refractivity contribution is 5.45. The van der Waals surface area contributed by atoms with E-state index in [1.165, 1.54) is 0 Å². The van der Waals surface area contributed by atoms with Crippen molar-refractivity contribution in [3.05, 3.63) is 23.8 Å². The molecule has 116 valence electrons. The van der Waals surface area contributed by atoms with Gasteiger partial charge in [0, 0.05) is 20.6 Å². The molecule has 2 heterocycles. The molecule has 8 heteroatoms.